The summed E-state index contributed by atoms with van der Waals surface area (Å²) in [5, 5.41) is 2.91. The number of ether oxygens (including phenoxy) is 2. The summed E-state index contributed by atoms with van der Waals surface area (Å²) >= 11 is 0. The minimum absolute atomic E-state index is 0.0241. The molecule has 2 aliphatic rings. The Balaban J connectivity index is 1.66. The predicted octanol–water partition coefficient (Wildman–Crippen LogP) is 3.08. The summed E-state index contributed by atoms with van der Waals surface area (Å²) in [5.41, 5.74) is 1.32. The predicted molar refractivity (Wildman–Crippen MR) is 135 cm³/mol. The summed E-state index contributed by atoms with van der Waals surface area (Å²) in [5.74, 6) is -0.0586. The number of carbonyl (C=O) groups excluding carboxylic acids is 3. The van der Waals surface area contributed by atoms with Crippen LogP contribution in [0, 0.1) is 11.8 Å². The zero-order valence-corrected chi connectivity index (χ0v) is 21.3. The number of hydrogen-bond acceptors (Lipinski definition) is 6. The summed E-state index contributed by atoms with van der Waals surface area (Å²) in [7, 11) is 3.34. The van der Waals surface area contributed by atoms with Crippen LogP contribution in [0.25, 0.3) is 0 Å². The van der Waals surface area contributed by atoms with Gasteiger partial charge in [0.2, 0.25) is 5.91 Å². The number of carbonyl (C=O) groups is 3. The molecule has 0 radical (unpaired) electrons. The van der Waals surface area contributed by atoms with Crippen molar-refractivity contribution in [1.29, 1.82) is 0 Å². The molecule has 2 heterocycles. The largest absolute Gasteiger partial charge is 0.491 e. The fourth-order valence-corrected chi connectivity index (χ4v) is 4.36. The van der Waals surface area contributed by atoms with E-state index in [0.717, 1.165) is 12.8 Å². The Morgan fingerprint density at radius 2 is 1.92 bits per heavy atom. The van der Waals surface area contributed by atoms with E-state index in [9.17, 15) is 14.4 Å². The molecule has 0 unspecified atom stereocenters. The Labute approximate surface area is 211 Å². The molecule has 9 heteroatoms. The number of amides is 3. The van der Waals surface area contributed by atoms with Crippen molar-refractivity contribution in [3.8, 4) is 5.75 Å². The molecule has 1 fully saturated rings. The van der Waals surface area contributed by atoms with Gasteiger partial charge in [-0.3, -0.25) is 19.4 Å². The van der Waals surface area contributed by atoms with Crippen LogP contribution >= 0.6 is 0 Å². The number of likely N-dealkylation sites (N-methyl/N-ethyl adjacent to an activating group) is 1. The Morgan fingerprint density at radius 1 is 1.14 bits per heavy atom. The van der Waals surface area contributed by atoms with Gasteiger partial charge in [0.1, 0.15) is 18.1 Å². The second kappa shape index (κ2) is 11.1. The van der Waals surface area contributed by atoms with Crippen LogP contribution in [0.15, 0.2) is 42.6 Å². The molecule has 0 bridgehead atoms. The van der Waals surface area contributed by atoms with Crippen molar-refractivity contribution in [2.24, 2.45) is 11.8 Å². The second-order valence-electron chi connectivity index (χ2n) is 9.74. The number of aromatic nitrogens is 1. The number of nitrogens with one attached hydrogen (secondary N) is 1. The van der Waals surface area contributed by atoms with Gasteiger partial charge < -0.3 is 24.6 Å². The molecule has 36 heavy (non-hydrogen) atoms. The van der Waals surface area contributed by atoms with E-state index < -0.39 is 0 Å². The lowest BCUT2D eigenvalue weighted by Gasteiger charge is -2.36. The van der Waals surface area contributed by atoms with Gasteiger partial charge in [0.25, 0.3) is 11.8 Å². The molecule has 1 saturated carbocycles. The molecule has 9 nitrogen and oxygen atoms in total. The first-order valence-corrected chi connectivity index (χ1v) is 12.4. The first-order chi connectivity index (χ1) is 17.3. The van der Waals surface area contributed by atoms with Gasteiger partial charge in [0.15, 0.2) is 0 Å². The third-order valence-corrected chi connectivity index (χ3v) is 6.81. The zero-order chi connectivity index (χ0) is 25.8. The molecule has 1 aromatic carbocycles. The van der Waals surface area contributed by atoms with E-state index in [0.29, 0.717) is 35.8 Å². The van der Waals surface area contributed by atoms with Crippen molar-refractivity contribution in [2.45, 2.75) is 38.8 Å². The topological polar surface area (TPSA) is 101 Å². The summed E-state index contributed by atoms with van der Waals surface area (Å²) in [6, 6.07) is 10.0. The summed E-state index contributed by atoms with van der Waals surface area (Å²) in [6.45, 7) is 4.83. The highest BCUT2D eigenvalue weighted by Gasteiger charge is 2.32. The first kappa shape index (κ1) is 25.6. The molecule has 3 amide bonds. The number of pyridine rings is 1. The lowest BCUT2D eigenvalue weighted by Crippen LogP contribution is -2.48. The van der Waals surface area contributed by atoms with E-state index in [1.165, 1.54) is 0 Å². The SMILES string of the molecule is CO[C@H]1CN(C)C(=O)c2ccc(NC(=O)C3CC3)cc2OC[C@H](C)N(C(=O)c2ccccn2)C[C@H]1C. The van der Waals surface area contributed by atoms with Gasteiger partial charge in [-0.2, -0.15) is 0 Å². The summed E-state index contributed by atoms with van der Waals surface area (Å²) in [6.07, 6.45) is 3.10. The van der Waals surface area contributed by atoms with E-state index in [4.69, 9.17) is 9.47 Å². The smallest absolute Gasteiger partial charge is 0.272 e. The van der Waals surface area contributed by atoms with Crippen LogP contribution in [0.3, 0.4) is 0 Å². The summed E-state index contributed by atoms with van der Waals surface area (Å²) < 4.78 is 11.9. The Hall–Kier alpha value is -3.46. The van der Waals surface area contributed by atoms with E-state index >= 15 is 0 Å². The highest BCUT2D eigenvalue weighted by Crippen LogP contribution is 2.32. The molecule has 192 valence electrons. The molecule has 1 N–H and O–H groups in total. The molecule has 1 aromatic heterocycles. The number of fused-ring (bicyclic) bond motifs is 1. The normalized spacial score (nSPS) is 23.1. The van der Waals surface area contributed by atoms with Gasteiger partial charge in [-0.05, 0) is 44.0 Å². The van der Waals surface area contributed by atoms with Crippen LogP contribution in [0.5, 0.6) is 5.75 Å². The third-order valence-electron chi connectivity index (χ3n) is 6.81. The maximum Gasteiger partial charge on any atom is 0.272 e. The van der Waals surface area contributed by atoms with E-state index in [-0.39, 0.29) is 48.3 Å². The molecule has 1 aliphatic carbocycles. The molecule has 4 rings (SSSR count). The number of benzene rings is 1. The minimum atomic E-state index is -0.315. The van der Waals surface area contributed by atoms with E-state index in [1.54, 1.807) is 66.6 Å². The number of nitrogens with zero attached hydrogens (tertiary/aromatic N) is 3. The standard InChI is InChI=1S/C27H34N4O5/c1-17-14-31(27(34)22-7-5-6-12-28-22)18(2)16-36-23-13-20(29-25(32)19-8-9-19)10-11-21(23)26(33)30(3)15-24(17)35-4/h5-7,10-13,17-19,24H,8-9,14-16H2,1-4H3,(H,29,32)/t17-,18+,24+/m1/s1. The van der Waals surface area contributed by atoms with Gasteiger partial charge in [-0.25, -0.2) is 0 Å². The van der Waals surface area contributed by atoms with Gasteiger partial charge in [-0.1, -0.05) is 13.0 Å². The minimum Gasteiger partial charge on any atom is -0.491 e. The van der Waals surface area contributed by atoms with Crippen LogP contribution in [0.4, 0.5) is 5.69 Å². The molecule has 0 saturated heterocycles. The molecular weight excluding hydrogens is 460 g/mol. The van der Waals surface area contributed by atoms with Crippen molar-refractivity contribution >= 4 is 23.4 Å². The number of rotatable bonds is 4. The number of anilines is 1. The van der Waals surface area contributed by atoms with Gasteiger partial charge in [0, 0.05) is 57.0 Å². The molecular formula is C27H34N4O5. The first-order valence-electron chi connectivity index (χ1n) is 12.4. The van der Waals surface area contributed by atoms with E-state index in [1.807, 2.05) is 13.8 Å². The average Bonchev–Trinajstić information content (AvgIpc) is 3.74. The van der Waals surface area contributed by atoms with Gasteiger partial charge in [0.05, 0.1) is 17.7 Å². The quantitative estimate of drug-likeness (QED) is 0.701. The highest BCUT2D eigenvalue weighted by atomic mass is 16.5. The Morgan fingerprint density at radius 3 is 2.58 bits per heavy atom. The summed E-state index contributed by atoms with van der Waals surface area (Å²) in [4.78, 5) is 46.6. The third kappa shape index (κ3) is 5.84. The van der Waals surface area contributed by atoms with Crippen molar-refractivity contribution in [3.63, 3.8) is 0 Å². The zero-order valence-electron chi connectivity index (χ0n) is 21.3. The number of hydrogen-bond donors (Lipinski definition) is 1. The average molecular weight is 495 g/mol. The molecule has 1 aliphatic heterocycles. The molecule has 0 spiro atoms. The number of methoxy groups -OCH3 is 1. The van der Waals surface area contributed by atoms with E-state index in [2.05, 4.69) is 10.3 Å². The maximum atomic E-state index is 13.4. The Kier molecular flexibility index (Phi) is 7.88. The van der Waals surface area contributed by atoms with Crippen LogP contribution < -0.4 is 10.1 Å². The lowest BCUT2D eigenvalue weighted by atomic mass is 10.0. The van der Waals surface area contributed by atoms with Crippen LogP contribution in [-0.4, -0.2) is 78.5 Å². The van der Waals surface area contributed by atoms with Crippen molar-refractivity contribution in [2.75, 3.05) is 39.2 Å². The monoisotopic (exact) mass is 494 g/mol. The van der Waals surface area contributed by atoms with Crippen LogP contribution in [0.1, 0.15) is 47.5 Å². The van der Waals surface area contributed by atoms with Gasteiger partial charge in [-0.15, -0.1) is 0 Å². The van der Waals surface area contributed by atoms with Crippen LogP contribution in [0.2, 0.25) is 0 Å². The molecule has 3 atom stereocenters. The second-order valence-corrected chi connectivity index (χ2v) is 9.74. The van der Waals surface area contributed by atoms with Crippen molar-refractivity contribution < 1.29 is 23.9 Å². The van der Waals surface area contributed by atoms with Gasteiger partial charge >= 0.3 is 0 Å². The van der Waals surface area contributed by atoms with Crippen molar-refractivity contribution in [3.05, 3.63) is 53.9 Å². The highest BCUT2D eigenvalue weighted by molar-refractivity contribution is 5.99. The van der Waals surface area contributed by atoms with Crippen molar-refractivity contribution in [1.82, 2.24) is 14.8 Å². The van der Waals surface area contributed by atoms with Crippen LogP contribution in [-0.2, 0) is 9.53 Å². The molecule has 2 aromatic rings. The fourth-order valence-electron chi connectivity index (χ4n) is 4.36. The lowest BCUT2D eigenvalue weighted by molar-refractivity contribution is -0.117. The maximum absolute atomic E-state index is 13.4. The Bertz CT molecular complexity index is 1100. The fraction of sp³-hybridized carbons (Fsp3) is 0.481.